The number of carbonyl (C=O) groups is 2. The van der Waals surface area contributed by atoms with Gasteiger partial charge in [0.15, 0.2) is 0 Å². The first-order valence-corrected chi connectivity index (χ1v) is 9.33. The summed E-state index contributed by atoms with van der Waals surface area (Å²) in [6.45, 7) is 0.258. The highest BCUT2D eigenvalue weighted by Crippen LogP contribution is 2.30. The Labute approximate surface area is 149 Å². The zero-order valence-corrected chi connectivity index (χ0v) is 14.9. The lowest BCUT2D eigenvalue weighted by Crippen LogP contribution is -2.40. The molecule has 2 fully saturated rings. The number of nitrogens with one attached hydrogen (secondary N) is 1. The molecule has 0 radical (unpaired) electrons. The molecule has 1 aromatic carbocycles. The normalized spacial score (nSPS) is 23.1. The summed E-state index contributed by atoms with van der Waals surface area (Å²) in [5.41, 5.74) is 1.76. The van der Waals surface area contributed by atoms with Gasteiger partial charge >= 0.3 is 0 Å². The molecule has 3 rings (SSSR count). The topological polar surface area (TPSA) is 69.6 Å². The van der Waals surface area contributed by atoms with E-state index in [1.165, 1.54) is 0 Å². The number of hydrogen-bond donors (Lipinski definition) is 2. The van der Waals surface area contributed by atoms with Crippen LogP contribution in [0.15, 0.2) is 24.3 Å². The predicted octanol–water partition coefficient (Wildman–Crippen LogP) is 2.59. The van der Waals surface area contributed by atoms with Crippen LogP contribution in [-0.4, -0.2) is 41.5 Å². The van der Waals surface area contributed by atoms with E-state index in [0.29, 0.717) is 12.3 Å². The Balaban J connectivity index is 1.49. The molecule has 0 spiro atoms. The van der Waals surface area contributed by atoms with E-state index in [4.69, 9.17) is 0 Å². The summed E-state index contributed by atoms with van der Waals surface area (Å²) in [4.78, 5) is 26.2. The number of amides is 2. The number of anilines is 1. The van der Waals surface area contributed by atoms with Gasteiger partial charge in [-0.2, -0.15) is 0 Å². The number of aliphatic hydroxyl groups is 1. The quantitative estimate of drug-likeness (QED) is 0.833. The fourth-order valence-corrected chi connectivity index (χ4v) is 3.51. The molecule has 0 aliphatic heterocycles. The van der Waals surface area contributed by atoms with Gasteiger partial charge in [-0.05, 0) is 62.1 Å². The average Bonchev–Trinajstić information content (AvgIpc) is 3.48. The zero-order chi connectivity index (χ0) is 17.8. The number of likely N-dealkylation sites (N-methyl/N-ethyl adjacent to an activating group) is 1. The summed E-state index contributed by atoms with van der Waals surface area (Å²) in [5.74, 6) is 0.818. The van der Waals surface area contributed by atoms with Gasteiger partial charge in [0, 0.05) is 31.3 Å². The Bertz CT molecular complexity index is 602. The van der Waals surface area contributed by atoms with Gasteiger partial charge in [-0.15, -0.1) is 0 Å². The highest BCUT2D eigenvalue weighted by atomic mass is 16.3. The molecule has 5 nitrogen and oxygen atoms in total. The maximum atomic E-state index is 12.5. The minimum atomic E-state index is 0.0991. The van der Waals surface area contributed by atoms with Gasteiger partial charge in [0.05, 0.1) is 6.42 Å². The van der Waals surface area contributed by atoms with E-state index >= 15 is 0 Å². The van der Waals surface area contributed by atoms with E-state index in [1.54, 1.807) is 0 Å². The third-order valence-corrected chi connectivity index (χ3v) is 5.54. The smallest absolute Gasteiger partial charge is 0.227 e. The third-order valence-electron chi connectivity index (χ3n) is 5.54. The fourth-order valence-electron chi connectivity index (χ4n) is 3.51. The fraction of sp³-hybridized carbons (Fsp3) is 0.600. The van der Waals surface area contributed by atoms with Crippen LogP contribution in [0.3, 0.4) is 0 Å². The van der Waals surface area contributed by atoms with Crippen molar-refractivity contribution in [2.75, 3.05) is 19.0 Å². The molecule has 1 aromatic rings. The first kappa shape index (κ1) is 17.9. The summed E-state index contributed by atoms with van der Waals surface area (Å²) >= 11 is 0. The first-order chi connectivity index (χ1) is 12.1. The van der Waals surface area contributed by atoms with Crippen molar-refractivity contribution in [2.45, 2.75) is 51.0 Å². The molecule has 25 heavy (non-hydrogen) atoms. The molecule has 0 unspecified atom stereocenters. The third kappa shape index (κ3) is 4.82. The van der Waals surface area contributed by atoms with E-state index in [1.807, 2.05) is 36.2 Å². The summed E-state index contributed by atoms with van der Waals surface area (Å²) in [5, 5.41) is 12.1. The molecule has 0 atom stereocenters. The van der Waals surface area contributed by atoms with E-state index in [2.05, 4.69) is 5.32 Å². The minimum Gasteiger partial charge on any atom is -0.396 e. The van der Waals surface area contributed by atoms with Crippen LogP contribution in [0, 0.1) is 11.8 Å². The number of nitrogens with zero attached hydrogens (tertiary/aromatic N) is 1. The summed E-state index contributed by atoms with van der Waals surface area (Å²) in [6.07, 6.45) is 6.30. The van der Waals surface area contributed by atoms with Crippen molar-refractivity contribution in [3.8, 4) is 0 Å². The van der Waals surface area contributed by atoms with Gasteiger partial charge in [-0.1, -0.05) is 12.1 Å². The van der Waals surface area contributed by atoms with Crippen LogP contribution in [0.1, 0.15) is 44.1 Å². The highest BCUT2D eigenvalue weighted by molar-refractivity contribution is 5.94. The van der Waals surface area contributed by atoms with Crippen molar-refractivity contribution >= 4 is 17.5 Å². The van der Waals surface area contributed by atoms with Gasteiger partial charge in [0.25, 0.3) is 0 Å². The molecule has 0 aromatic heterocycles. The van der Waals surface area contributed by atoms with Crippen LogP contribution in [-0.2, 0) is 16.0 Å². The highest BCUT2D eigenvalue weighted by Gasteiger charge is 2.29. The van der Waals surface area contributed by atoms with E-state index < -0.39 is 0 Å². The Hall–Kier alpha value is -1.88. The molecule has 136 valence electrons. The molecule has 2 N–H and O–H groups in total. The molecule has 5 heteroatoms. The second-order valence-electron chi connectivity index (χ2n) is 7.50. The van der Waals surface area contributed by atoms with E-state index in [9.17, 15) is 14.7 Å². The van der Waals surface area contributed by atoms with E-state index in [-0.39, 0.29) is 30.4 Å². The zero-order valence-electron chi connectivity index (χ0n) is 14.9. The first-order valence-electron chi connectivity index (χ1n) is 9.33. The lowest BCUT2D eigenvalue weighted by Gasteiger charge is -2.34. The Morgan fingerprint density at radius 2 is 1.72 bits per heavy atom. The van der Waals surface area contributed by atoms with Gasteiger partial charge in [-0.25, -0.2) is 0 Å². The lowest BCUT2D eigenvalue weighted by molar-refractivity contribution is -0.132. The molecule has 0 heterocycles. The van der Waals surface area contributed by atoms with Crippen molar-refractivity contribution in [3.05, 3.63) is 29.8 Å². The van der Waals surface area contributed by atoms with Crippen molar-refractivity contribution in [3.63, 3.8) is 0 Å². The van der Waals surface area contributed by atoms with Crippen LogP contribution in [0.2, 0.25) is 0 Å². The van der Waals surface area contributed by atoms with Crippen LogP contribution in [0.5, 0.6) is 0 Å². The second kappa shape index (κ2) is 8.00. The maximum absolute atomic E-state index is 12.5. The Morgan fingerprint density at radius 1 is 1.08 bits per heavy atom. The number of aliphatic hydroxyl groups excluding tert-OH is 1. The lowest BCUT2D eigenvalue weighted by atomic mass is 9.86. The summed E-state index contributed by atoms with van der Waals surface area (Å²) < 4.78 is 0. The molecule has 2 aliphatic carbocycles. The average molecular weight is 344 g/mol. The Kier molecular flexibility index (Phi) is 5.74. The summed E-state index contributed by atoms with van der Waals surface area (Å²) in [6, 6.07) is 7.85. The predicted molar refractivity (Wildman–Crippen MR) is 97.1 cm³/mol. The van der Waals surface area contributed by atoms with Crippen molar-refractivity contribution < 1.29 is 14.7 Å². The van der Waals surface area contributed by atoms with E-state index in [0.717, 1.165) is 49.8 Å². The van der Waals surface area contributed by atoms with Gasteiger partial charge < -0.3 is 15.3 Å². The van der Waals surface area contributed by atoms with Gasteiger partial charge in [0.1, 0.15) is 0 Å². The molecule has 0 saturated heterocycles. The van der Waals surface area contributed by atoms with Crippen molar-refractivity contribution in [1.29, 1.82) is 0 Å². The van der Waals surface area contributed by atoms with Crippen molar-refractivity contribution in [1.82, 2.24) is 4.90 Å². The standard InChI is InChI=1S/C20H28N2O3/c1-22(18-10-4-15(13-23)5-11-18)19(24)12-14-2-8-17(9-3-14)21-20(25)16-6-7-16/h2-3,8-9,15-16,18,23H,4-7,10-13H2,1H3,(H,21,25). The van der Waals surface area contributed by atoms with Gasteiger partial charge in [0.2, 0.25) is 11.8 Å². The SMILES string of the molecule is CN(C(=O)Cc1ccc(NC(=O)C2CC2)cc1)C1CCC(CO)CC1. The van der Waals surface area contributed by atoms with Crippen LogP contribution < -0.4 is 5.32 Å². The monoisotopic (exact) mass is 344 g/mol. The molecular weight excluding hydrogens is 316 g/mol. The second-order valence-corrected chi connectivity index (χ2v) is 7.50. The van der Waals surface area contributed by atoms with Crippen LogP contribution in [0.25, 0.3) is 0 Å². The number of rotatable bonds is 6. The largest absolute Gasteiger partial charge is 0.396 e. The van der Waals surface area contributed by atoms with Crippen molar-refractivity contribution in [2.24, 2.45) is 11.8 Å². The minimum absolute atomic E-state index is 0.0991. The van der Waals surface area contributed by atoms with Crippen LogP contribution in [0.4, 0.5) is 5.69 Å². The maximum Gasteiger partial charge on any atom is 0.227 e. The Morgan fingerprint density at radius 3 is 2.28 bits per heavy atom. The molecule has 0 bridgehead atoms. The van der Waals surface area contributed by atoms with Crippen LogP contribution >= 0.6 is 0 Å². The number of carbonyl (C=O) groups excluding carboxylic acids is 2. The molecule has 2 amide bonds. The van der Waals surface area contributed by atoms with Gasteiger partial charge in [-0.3, -0.25) is 9.59 Å². The molecular formula is C20H28N2O3. The summed E-state index contributed by atoms with van der Waals surface area (Å²) in [7, 11) is 1.89. The molecule has 2 aliphatic rings. The molecule has 2 saturated carbocycles. The number of hydrogen-bond acceptors (Lipinski definition) is 3. The number of benzene rings is 1.